The molecule has 0 aromatic carbocycles. The van der Waals surface area contributed by atoms with Gasteiger partial charge in [0.1, 0.15) is 0 Å². The van der Waals surface area contributed by atoms with Gasteiger partial charge in [0.15, 0.2) is 0 Å². The standard InChI is InChI=1S/C12H22N2/c13-12(9-2-1-3-9)8-14-10-4-5-11(14)7-6-10/h9-12H,1-8,13H2. The lowest BCUT2D eigenvalue weighted by Crippen LogP contribution is -2.46. The summed E-state index contributed by atoms with van der Waals surface area (Å²) in [5.41, 5.74) is 6.27. The minimum absolute atomic E-state index is 0.477. The summed E-state index contributed by atoms with van der Waals surface area (Å²) < 4.78 is 0. The third-order valence-electron chi connectivity index (χ3n) is 4.78. The van der Waals surface area contributed by atoms with Crippen LogP contribution < -0.4 is 5.73 Å². The Kier molecular flexibility index (Phi) is 2.29. The van der Waals surface area contributed by atoms with Crippen molar-refractivity contribution in [2.45, 2.75) is 63.1 Å². The van der Waals surface area contributed by atoms with E-state index in [1.54, 1.807) is 0 Å². The van der Waals surface area contributed by atoms with Crippen molar-refractivity contribution in [2.75, 3.05) is 6.54 Å². The monoisotopic (exact) mass is 194 g/mol. The van der Waals surface area contributed by atoms with Gasteiger partial charge >= 0.3 is 0 Å². The summed E-state index contributed by atoms with van der Waals surface area (Å²) in [6, 6.07) is 2.29. The second kappa shape index (κ2) is 3.49. The Balaban J connectivity index is 1.56. The van der Waals surface area contributed by atoms with Gasteiger partial charge in [0, 0.05) is 24.7 Å². The minimum atomic E-state index is 0.477. The van der Waals surface area contributed by atoms with Crippen LogP contribution in [-0.4, -0.2) is 29.6 Å². The van der Waals surface area contributed by atoms with E-state index in [4.69, 9.17) is 5.73 Å². The highest BCUT2D eigenvalue weighted by Gasteiger charge is 2.40. The molecule has 1 aliphatic carbocycles. The van der Waals surface area contributed by atoms with E-state index in [2.05, 4.69) is 4.90 Å². The van der Waals surface area contributed by atoms with E-state index < -0.39 is 0 Å². The fourth-order valence-corrected chi connectivity index (χ4v) is 3.58. The Morgan fingerprint density at radius 3 is 2.00 bits per heavy atom. The van der Waals surface area contributed by atoms with Gasteiger partial charge in [-0.2, -0.15) is 0 Å². The quantitative estimate of drug-likeness (QED) is 0.741. The lowest BCUT2D eigenvalue weighted by atomic mass is 9.80. The summed E-state index contributed by atoms with van der Waals surface area (Å²) in [5, 5.41) is 0. The predicted molar refractivity (Wildman–Crippen MR) is 58.1 cm³/mol. The van der Waals surface area contributed by atoms with Gasteiger partial charge in [0.25, 0.3) is 0 Å². The van der Waals surface area contributed by atoms with E-state index in [0.29, 0.717) is 6.04 Å². The van der Waals surface area contributed by atoms with Crippen LogP contribution in [0.4, 0.5) is 0 Å². The number of hydrogen-bond donors (Lipinski definition) is 1. The Hall–Kier alpha value is -0.0800. The van der Waals surface area contributed by atoms with Crippen molar-refractivity contribution in [1.29, 1.82) is 0 Å². The minimum Gasteiger partial charge on any atom is -0.326 e. The number of hydrogen-bond acceptors (Lipinski definition) is 2. The molecule has 1 saturated carbocycles. The Morgan fingerprint density at radius 2 is 1.57 bits per heavy atom. The zero-order valence-corrected chi connectivity index (χ0v) is 8.99. The molecule has 80 valence electrons. The van der Waals surface area contributed by atoms with Crippen LogP contribution in [0.3, 0.4) is 0 Å². The molecular formula is C12H22N2. The van der Waals surface area contributed by atoms with E-state index in [1.807, 2.05) is 0 Å². The van der Waals surface area contributed by atoms with Crippen molar-refractivity contribution >= 4 is 0 Å². The highest BCUT2D eigenvalue weighted by molar-refractivity contribution is 4.97. The molecule has 3 fully saturated rings. The van der Waals surface area contributed by atoms with Gasteiger partial charge in [-0.15, -0.1) is 0 Å². The fraction of sp³-hybridized carbons (Fsp3) is 1.00. The van der Waals surface area contributed by atoms with Crippen molar-refractivity contribution in [3.05, 3.63) is 0 Å². The summed E-state index contributed by atoms with van der Waals surface area (Å²) in [5.74, 6) is 0.856. The van der Waals surface area contributed by atoms with Crippen LogP contribution >= 0.6 is 0 Å². The average Bonchev–Trinajstić information content (AvgIpc) is 2.62. The maximum absolute atomic E-state index is 6.27. The van der Waals surface area contributed by atoms with Crippen LogP contribution in [-0.2, 0) is 0 Å². The zero-order chi connectivity index (χ0) is 9.54. The molecule has 2 bridgehead atoms. The van der Waals surface area contributed by atoms with E-state index in [-0.39, 0.29) is 0 Å². The van der Waals surface area contributed by atoms with Crippen molar-refractivity contribution < 1.29 is 0 Å². The summed E-state index contributed by atoms with van der Waals surface area (Å²) >= 11 is 0. The first-order valence-electron chi connectivity index (χ1n) is 6.36. The Bertz CT molecular complexity index is 192. The summed E-state index contributed by atoms with van der Waals surface area (Å²) in [6.07, 6.45) is 9.99. The molecule has 0 spiro atoms. The van der Waals surface area contributed by atoms with Crippen LogP contribution in [0.15, 0.2) is 0 Å². The van der Waals surface area contributed by atoms with Gasteiger partial charge in [0.05, 0.1) is 0 Å². The molecule has 0 radical (unpaired) electrons. The van der Waals surface area contributed by atoms with E-state index in [0.717, 1.165) is 18.0 Å². The summed E-state index contributed by atoms with van der Waals surface area (Å²) in [4.78, 5) is 2.73. The third kappa shape index (κ3) is 1.40. The Labute approximate surface area is 86.8 Å². The normalized spacial score (nSPS) is 40.1. The second-order valence-electron chi connectivity index (χ2n) is 5.51. The number of nitrogens with zero attached hydrogens (tertiary/aromatic N) is 1. The molecule has 2 nitrogen and oxygen atoms in total. The number of fused-ring (bicyclic) bond motifs is 2. The molecule has 0 amide bonds. The Morgan fingerprint density at radius 1 is 1.00 bits per heavy atom. The van der Waals surface area contributed by atoms with Crippen molar-refractivity contribution in [1.82, 2.24) is 4.90 Å². The third-order valence-corrected chi connectivity index (χ3v) is 4.78. The van der Waals surface area contributed by atoms with E-state index in [9.17, 15) is 0 Å². The SMILES string of the molecule is NC(CN1C2CCC1CC2)C1CCC1. The molecule has 2 heterocycles. The topological polar surface area (TPSA) is 29.3 Å². The lowest BCUT2D eigenvalue weighted by Gasteiger charge is -2.35. The molecule has 2 aliphatic heterocycles. The van der Waals surface area contributed by atoms with Crippen LogP contribution in [0, 0.1) is 5.92 Å². The average molecular weight is 194 g/mol. The molecule has 1 unspecified atom stereocenters. The maximum Gasteiger partial charge on any atom is 0.0196 e. The molecule has 2 heteroatoms. The summed E-state index contributed by atoms with van der Waals surface area (Å²) in [7, 11) is 0. The second-order valence-corrected chi connectivity index (χ2v) is 5.51. The number of nitrogens with two attached hydrogens (primary N) is 1. The fourth-order valence-electron chi connectivity index (χ4n) is 3.58. The van der Waals surface area contributed by atoms with Crippen molar-refractivity contribution in [3.8, 4) is 0 Å². The molecule has 14 heavy (non-hydrogen) atoms. The first kappa shape index (κ1) is 9.17. The van der Waals surface area contributed by atoms with Gasteiger partial charge in [-0.1, -0.05) is 6.42 Å². The van der Waals surface area contributed by atoms with Crippen LogP contribution in [0.5, 0.6) is 0 Å². The van der Waals surface area contributed by atoms with Crippen LogP contribution in [0.25, 0.3) is 0 Å². The first-order chi connectivity index (χ1) is 6.84. The molecular weight excluding hydrogens is 172 g/mol. The van der Waals surface area contributed by atoms with Crippen molar-refractivity contribution in [2.24, 2.45) is 11.7 Å². The highest BCUT2D eigenvalue weighted by Crippen LogP contribution is 2.38. The van der Waals surface area contributed by atoms with Gasteiger partial charge < -0.3 is 5.73 Å². The maximum atomic E-state index is 6.27. The number of rotatable bonds is 3. The summed E-state index contributed by atoms with van der Waals surface area (Å²) in [6.45, 7) is 1.19. The van der Waals surface area contributed by atoms with E-state index in [1.165, 1.54) is 51.5 Å². The molecule has 1 atom stereocenters. The zero-order valence-electron chi connectivity index (χ0n) is 8.99. The van der Waals surface area contributed by atoms with Gasteiger partial charge in [-0.05, 0) is 44.4 Å². The van der Waals surface area contributed by atoms with Gasteiger partial charge in [-0.3, -0.25) is 4.90 Å². The highest BCUT2D eigenvalue weighted by atomic mass is 15.2. The van der Waals surface area contributed by atoms with Gasteiger partial charge in [-0.25, -0.2) is 0 Å². The largest absolute Gasteiger partial charge is 0.326 e. The van der Waals surface area contributed by atoms with Crippen LogP contribution in [0.1, 0.15) is 44.9 Å². The molecule has 3 aliphatic rings. The molecule has 2 N–H and O–H groups in total. The predicted octanol–water partition coefficient (Wildman–Crippen LogP) is 1.74. The first-order valence-corrected chi connectivity index (χ1v) is 6.36. The lowest BCUT2D eigenvalue weighted by molar-refractivity contribution is 0.174. The smallest absolute Gasteiger partial charge is 0.0196 e. The van der Waals surface area contributed by atoms with E-state index >= 15 is 0 Å². The molecule has 0 aromatic heterocycles. The van der Waals surface area contributed by atoms with Crippen LogP contribution in [0.2, 0.25) is 0 Å². The molecule has 0 aromatic rings. The molecule has 2 saturated heterocycles. The van der Waals surface area contributed by atoms with Crippen molar-refractivity contribution in [3.63, 3.8) is 0 Å². The van der Waals surface area contributed by atoms with Gasteiger partial charge in [0.2, 0.25) is 0 Å². The molecule has 3 rings (SSSR count).